The third-order valence-electron chi connectivity index (χ3n) is 4.26. The third-order valence-corrected chi connectivity index (χ3v) is 4.26. The number of rotatable bonds is 4. The smallest absolute Gasteiger partial charge is 0.329 e. The van der Waals surface area contributed by atoms with E-state index in [1.807, 2.05) is 30.5 Å². The van der Waals surface area contributed by atoms with Crippen LogP contribution in [0.5, 0.6) is 0 Å². The number of hydrogen-bond acceptors (Lipinski definition) is 4. The molecule has 1 aromatic carbocycles. The Morgan fingerprint density at radius 1 is 1.23 bits per heavy atom. The van der Waals surface area contributed by atoms with Crippen molar-refractivity contribution in [1.29, 1.82) is 0 Å². The second-order valence-electron chi connectivity index (χ2n) is 5.99. The average Bonchev–Trinajstić information content (AvgIpc) is 3.26. The number of hydrogen-bond donors (Lipinski definition) is 4. The van der Waals surface area contributed by atoms with Gasteiger partial charge in [-0.3, -0.25) is 19.1 Å². The van der Waals surface area contributed by atoms with Crippen molar-refractivity contribution in [3.63, 3.8) is 0 Å². The molecule has 132 valence electrons. The maximum atomic E-state index is 12.3. The van der Waals surface area contributed by atoms with Gasteiger partial charge in [-0.1, -0.05) is 6.07 Å². The Morgan fingerprint density at radius 2 is 2.08 bits per heavy atom. The van der Waals surface area contributed by atoms with Crippen LogP contribution in [0.25, 0.3) is 22.1 Å². The first-order chi connectivity index (χ1) is 12.5. The molecule has 0 saturated heterocycles. The van der Waals surface area contributed by atoms with Gasteiger partial charge in [0, 0.05) is 37.0 Å². The minimum atomic E-state index is -0.530. The van der Waals surface area contributed by atoms with Crippen LogP contribution in [0.4, 0.5) is 5.69 Å². The minimum absolute atomic E-state index is 0.165. The lowest BCUT2D eigenvalue weighted by atomic mass is 10.2. The van der Waals surface area contributed by atoms with Crippen LogP contribution < -0.4 is 16.6 Å². The summed E-state index contributed by atoms with van der Waals surface area (Å²) in [6, 6.07) is 7.53. The van der Waals surface area contributed by atoms with Gasteiger partial charge in [-0.2, -0.15) is 0 Å². The Labute approximate surface area is 146 Å². The average molecular weight is 352 g/mol. The van der Waals surface area contributed by atoms with Gasteiger partial charge in [0.05, 0.1) is 5.69 Å². The molecule has 0 saturated carbocycles. The molecule has 9 heteroatoms. The molecule has 0 unspecified atom stereocenters. The van der Waals surface area contributed by atoms with Gasteiger partial charge in [0.2, 0.25) is 5.91 Å². The maximum absolute atomic E-state index is 12.3. The number of aromatic nitrogens is 5. The summed E-state index contributed by atoms with van der Waals surface area (Å²) in [5, 5.41) is 3.82. The van der Waals surface area contributed by atoms with E-state index in [0.717, 1.165) is 16.6 Å². The van der Waals surface area contributed by atoms with Crippen molar-refractivity contribution in [1.82, 2.24) is 24.5 Å². The topological polar surface area (TPSA) is 128 Å². The van der Waals surface area contributed by atoms with Crippen LogP contribution in [0.1, 0.15) is 12.2 Å². The SMILES string of the molecule is Cn1c(=O)[nH]c(=O)c2[nH]c(CCC(=O)Nc3cccc4[nH]ccc34)nc21. The zero-order valence-corrected chi connectivity index (χ0v) is 13.9. The number of aryl methyl sites for hydroxylation is 2. The van der Waals surface area contributed by atoms with Gasteiger partial charge in [0.15, 0.2) is 5.65 Å². The Morgan fingerprint density at radius 3 is 2.92 bits per heavy atom. The van der Waals surface area contributed by atoms with E-state index in [9.17, 15) is 14.4 Å². The number of carbonyl (C=O) groups is 1. The van der Waals surface area contributed by atoms with E-state index in [-0.39, 0.29) is 23.5 Å². The molecule has 3 aromatic heterocycles. The molecule has 0 radical (unpaired) electrons. The largest absolute Gasteiger partial charge is 0.361 e. The minimum Gasteiger partial charge on any atom is -0.361 e. The summed E-state index contributed by atoms with van der Waals surface area (Å²) in [6.45, 7) is 0. The van der Waals surface area contributed by atoms with Crippen LogP contribution in [0, 0.1) is 0 Å². The fourth-order valence-electron chi connectivity index (χ4n) is 2.91. The van der Waals surface area contributed by atoms with Gasteiger partial charge >= 0.3 is 5.69 Å². The first-order valence-electron chi connectivity index (χ1n) is 8.07. The summed E-state index contributed by atoms with van der Waals surface area (Å²) in [7, 11) is 1.52. The standard InChI is InChI=1S/C17H16N6O3/c1-23-15-14(16(25)22-17(23)26)20-12(21-15)5-6-13(24)19-11-4-2-3-10-9(11)7-8-18-10/h2-4,7-8,18H,5-6H2,1H3,(H,19,24)(H,20,21)(H,22,25,26). The molecule has 9 nitrogen and oxygen atoms in total. The summed E-state index contributed by atoms with van der Waals surface area (Å²) >= 11 is 0. The fraction of sp³-hybridized carbons (Fsp3) is 0.176. The van der Waals surface area contributed by atoms with Crippen molar-refractivity contribution in [2.75, 3.05) is 5.32 Å². The molecule has 0 bridgehead atoms. The van der Waals surface area contributed by atoms with Crippen molar-refractivity contribution in [2.45, 2.75) is 12.8 Å². The van der Waals surface area contributed by atoms with Crippen LogP contribution >= 0.6 is 0 Å². The van der Waals surface area contributed by atoms with Crippen LogP contribution in [0.2, 0.25) is 0 Å². The maximum Gasteiger partial charge on any atom is 0.329 e. The van der Waals surface area contributed by atoms with E-state index >= 15 is 0 Å². The van der Waals surface area contributed by atoms with Crippen LogP contribution in [0.15, 0.2) is 40.1 Å². The summed E-state index contributed by atoms with van der Waals surface area (Å²) in [6.07, 6.45) is 2.32. The summed E-state index contributed by atoms with van der Waals surface area (Å²) < 4.78 is 1.25. The Kier molecular flexibility index (Phi) is 3.68. The molecule has 0 atom stereocenters. The number of carbonyl (C=O) groups excluding carboxylic acids is 1. The predicted octanol–water partition coefficient (Wildman–Crippen LogP) is 1.00. The number of benzene rings is 1. The molecule has 0 aliphatic rings. The van der Waals surface area contributed by atoms with Crippen LogP contribution in [-0.4, -0.2) is 30.4 Å². The van der Waals surface area contributed by atoms with Crippen molar-refractivity contribution < 1.29 is 4.79 Å². The Hall–Kier alpha value is -3.62. The normalized spacial score (nSPS) is 11.3. The van der Waals surface area contributed by atoms with E-state index in [1.165, 1.54) is 11.6 Å². The van der Waals surface area contributed by atoms with Gasteiger partial charge in [-0.25, -0.2) is 9.78 Å². The highest BCUT2D eigenvalue weighted by Gasteiger charge is 2.12. The highest BCUT2D eigenvalue weighted by Crippen LogP contribution is 2.22. The fourth-order valence-corrected chi connectivity index (χ4v) is 2.91. The number of H-pyrrole nitrogens is 3. The summed E-state index contributed by atoms with van der Waals surface area (Å²) in [5.74, 6) is 0.309. The molecule has 0 aliphatic carbocycles. The zero-order chi connectivity index (χ0) is 18.3. The monoisotopic (exact) mass is 352 g/mol. The zero-order valence-electron chi connectivity index (χ0n) is 13.9. The Bertz CT molecular complexity index is 1240. The molecule has 4 rings (SSSR count). The number of nitrogens with one attached hydrogen (secondary N) is 4. The molecule has 1 amide bonds. The van der Waals surface area contributed by atoms with Crippen LogP contribution in [-0.2, 0) is 18.3 Å². The molecule has 4 N–H and O–H groups in total. The van der Waals surface area contributed by atoms with E-state index < -0.39 is 11.2 Å². The molecule has 0 aliphatic heterocycles. The summed E-state index contributed by atoms with van der Waals surface area (Å²) in [5.41, 5.74) is 1.12. The molecule has 0 spiro atoms. The second-order valence-corrected chi connectivity index (χ2v) is 5.99. The van der Waals surface area contributed by atoms with E-state index in [0.29, 0.717) is 12.2 Å². The molecular formula is C17H16N6O3. The Balaban J connectivity index is 1.51. The quantitative estimate of drug-likeness (QED) is 0.437. The lowest BCUT2D eigenvalue weighted by Crippen LogP contribution is -2.28. The predicted molar refractivity (Wildman–Crippen MR) is 97.2 cm³/mol. The number of nitrogens with zero attached hydrogens (tertiary/aromatic N) is 2. The molecular weight excluding hydrogens is 336 g/mol. The van der Waals surface area contributed by atoms with E-state index in [2.05, 4.69) is 25.3 Å². The molecule has 26 heavy (non-hydrogen) atoms. The van der Waals surface area contributed by atoms with Crippen molar-refractivity contribution in [3.8, 4) is 0 Å². The molecule has 3 heterocycles. The van der Waals surface area contributed by atoms with E-state index in [1.54, 1.807) is 0 Å². The molecule has 0 fully saturated rings. The number of amides is 1. The number of fused-ring (bicyclic) bond motifs is 2. The van der Waals surface area contributed by atoms with Gasteiger partial charge in [-0.15, -0.1) is 0 Å². The first-order valence-corrected chi connectivity index (χ1v) is 8.07. The van der Waals surface area contributed by atoms with Gasteiger partial charge < -0.3 is 15.3 Å². The highest BCUT2D eigenvalue weighted by atomic mass is 16.2. The van der Waals surface area contributed by atoms with Gasteiger partial charge in [0.25, 0.3) is 5.56 Å². The van der Waals surface area contributed by atoms with Gasteiger partial charge in [-0.05, 0) is 18.2 Å². The van der Waals surface area contributed by atoms with Crippen molar-refractivity contribution >= 4 is 33.7 Å². The number of aromatic amines is 3. The van der Waals surface area contributed by atoms with E-state index in [4.69, 9.17) is 0 Å². The third kappa shape index (κ3) is 2.69. The lowest BCUT2D eigenvalue weighted by molar-refractivity contribution is -0.116. The van der Waals surface area contributed by atoms with Crippen molar-refractivity contribution in [2.24, 2.45) is 7.05 Å². The lowest BCUT2D eigenvalue weighted by Gasteiger charge is -2.06. The van der Waals surface area contributed by atoms with Crippen LogP contribution in [0.3, 0.4) is 0 Å². The summed E-state index contributed by atoms with van der Waals surface area (Å²) in [4.78, 5) is 48.1. The van der Waals surface area contributed by atoms with Crippen molar-refractivity contribution in [3.05, 3.63) is 57.1 Å². The first kappa shape index (κ1) is 15.9. The number of imidazole rings is 1. The van der Waals surface area contributed by atoms with Gasteiger partial charge in [0.1, 0.15) is 11.3 Å². The highest BCUT2D eigenvalue weighted by molar-refractivity contribution is 6.01. The molecule has 4 aromatic rings. The number of anilines is 1. The second kappa shape index (κ2) is 6.03.